The predicted octanol–water partition coefficient (Wildman–Crippen LogP) is 1.22. The molecular formula is C13H16BrNO5. The lowest BCUT2D eigenvalue weighted by Crippen LogP contribution is -2.29. The van der Waals surface area contributed by atoms with Crippen molar-refractivity contribution in [3.05, 3.63) is 28.2 Å². The minimum Gasteiger partial charge on any atom is -0.497 e. The summed E-state index contributed by atoms with van der Waals surface area (Å²) in [7, 11) is 1.56. The van der Waals surface area contributed by atoms with E-state index in [9.17, 15) is 9.59 Å². The first-order chi connectivity index (χ1) is 9.52. The number of hydrogen-bond donors (Lipinski definition) is 2. The number of nitrogens with one attached hydrogen (secondary N) is 1. The monoisotopic (exact) mass is 345 g/mol. The lowest BCUT2D eigenvalue weighted by molar-refractivity contribution is -0.142. The molecule has 0 spiro atoms. The first kappa shape index (κ1) is 16.5. The normalized spacial score (nSPS) is 10.1. The zero-order valence-corrected chi connectivity index (χ0v) is 12.6. The largest absolute Gasteiger partial charge is 0.497 e. The minimum absolute atomic E-state index is 0.164. The molecule has 0 aliphatic carbocycles. The molecule has 1 aromatic carbocycles. The molecule has 1 aromatic rings. The van der Waals surface area contributed by atoms with Crippen molar-refractivity contribution in [3.8, 4) is 5.75 Å². The van der Waals surface area contributed by atoms with Gasteiger partial charge in [-0.15, -0.1) is 0 Å². The molecule has 0 bridgehead atoms. The maximum absolute atomic E-state index is 11.7. The molecule has 0 atom stereocenters. The van der Waals surface area contributed by atoms with Crippen LogP contribution in [-0.2, 0) is 20.7 Å². The molecule has 0 heterocycles. The molecule has 1 rings (SSSR count). The van der Waals surface area contributed by atoms with E-state index >= 15 is 0 Å². The van der Waals surface area contributed by atoms with Crippen LogP contribution in [0, 0.1) is 0 Å². The molecule has 20 heavy (non-hydrogen) atoms. The van der Waals surface area contributed by atoms with E-state index in [2.05, 4.69) is 21.2 Å². The molecular weight excluding hydrogens is 330 g/mol. The first-order valence-corrected chi connectivity index (χ1v) is 6.71. The number of carboxylic acids is 1. The van der Waals surface area contributed by atoms with E-state index in [4.69, 9.17) is 14.6 Å². The van der Waals surface area contributed by atoms with Gasteiger partial charge in [0.1, 0.15) is 12.4 Å². The highest BCUT2D eigenvalue weighted by atomic mass is 79.9. The Morgan fingerprint density at radius 2 is 2.15 bits per heavy atom. The lowest BCUT2D eigenvalue weighted by atomic mass is 10.1. The van der Waals surface area contributed by atoms with Crippen LogP contribution in [0.3, 0.4) is 0 Å². The maximum Gasteiger partial charge on any atom is 0.329 e. The van der Waals surface area contributed by atoms with Crippen molar-refractivity contribution in [1.29, 1.82) is 0 Å². The second-order valence-corrected chi connectivity index (χ2v) is 4.78. The summed E-state index contributed by atoms with van der Waals surface area (Å²) in [5.74, 6) is -0.518. The van der Waals surface area contributed by atoms with Crippen LogP contribution in [0.15, 0.2) is 22.7 Å². The fraction of sp³-hybridized carbons (Fsp3) is 0.385. The van der Waals surface area contributed by atoms with E-state index in [1.165, 1.54) is 0 Å². The van der Waals surface area contributed by atoms with Gasteiger partial charge in [0.05, 0.1) is 20.1 Å². The average molecular weight is 346 g/mol. The van der Waals surface area contributed by atoms with E-state index in [0.29, 0.717) is 5.75 Å². The van der Waals surface area contributed by atoms with Crippen LogP contribution in [-0.4, -0.2) is 43.9 Å². The summed E-state index contributed by atoms with van der Waals surface area (Å²) in [6.07, 6.45) is 0.205. The number of hydrogen-bond acceptors (Lipinski definition) is 4. The molecule has 0 saturated heterocycles. The molecule has 0 fully saturated rings. The number of benzene rings is 1. The molecule has 0 aromatic heterocycles. The van der Waals surface area contributed by atoms with Crippen LogP contribution in [0.4, 0.5) is 0 Å². The van der Waals surface area contributed by atoms with Crippen LogP contribution >= 0.6 is 15.9 Å². The molecule has 0 saturated carbocycles. The van der Waals surface area contributed by atoms with Crippen LogP contribution in [0.25, 0.3) is 0 Å². The van der Waals surface area contributed by atoms with Crippen molar-refractivity contribution in [2.24, 2.45) is 0 Å². The van der Waals surface area contributed by atoms with Crippen LogP contribution in [0.1, 0.15) is 5.56 Å². The average Bonchev–Trinajstić information content (AvgIpc) is 2.40. The number of methoxy groups -OCH3 is 1. The Morgan fingerprint density at radius 1 is 1.40 bits per heavy atom. The standard InChI is InChI=1S/C13H16BrNO5/c1-19-10-2-3-11(14)9(6-10)7-12(16)15-4-5-20-8-13(17)18/h2-3,6H,4-5,7-8H2,1H3,(H,15,16)(H,17,18). The third kappa shape index (κ3) is 6.03. The molecule has 0 unspecified atom stereocenters. The molecule has 110 valence electrons. The topological polar surface area (TPSA) is 84.9 Å². The molecule has 0 radical (unpaired) electrons. The Bertz CT molecular complexity index is 478. The molecule has 6 nitrogen and oxygen atoms in total. The Morgan fingerprint density at radius 3 is 2.80 bits per heavy atom. The SMILES string of the molecule is COc1ccc(Br)c(CC(=O)NCCOCC(=O)O)c1. The van der Waals surface area contributed by atoms with E-state index in [1.54, 1.807) is 19.2 Å². The summed E-state index contributed by atoms with van der Waals surface area (Å²) >= 11 is 3.37. The van der Waals surface area contributed by atoms with Crippen molar-refractivity contribution in [3.63, 3.8) is 0 Å². The minimum atomic E-state index is -1.03. The number of carbonyl (C=O) groups is 2. The summed E-state index contributed by atoms with van der Waals surface area (Å²) in [4.78, 5) is 21.9. The van der Waals surface area contributed by atoms with E-state index < -0.39 is 5.97 Å². The van der Waals surface area contributed by atoms with Gasteiger partial charge in [0.15, 0.2) is 0 Å². The summed E-state index contributed by atoms with van der Waals surface area (Å²) < 4.78 is 10.7. The number of carboxylic acid groups (broad SMARTS) is 1. The summed E-state index contributed by atoms with van der Waals surface area (Å²) in [6, 6.07) is 5.40. The van der Waals surface area contributed by atoms with Crippen molar-refractivity contribution in [2.75, 3.05) is 26.9 Å². The zero-order chi connectivity index (χ0) is 15.0. The van der Waals surface area contributed by atoms with Crippen molar-refractivity contribution in [2.45, 2.75) is 6.42 Å². The zero-order valence-electron chi connectivity index (χ0n) is 11.0. The predicted molar refractivity (Wildman–Crippen MR) is 75.9 cm³/mol. The first-order valence-electron chi connectivity index (χ1n) is 5.91. The van der Waals surface area contributed by atoms with Crippen molar-refractivity contribution in [1.82, 2.24) is 5.32 Å². The van der Waals surface area contributed by atoms with Gasteiger partial charge in [-0.1, -0.05) is 15.9 Å². The van der Waals surface area contributed by atoms with Crippen LogP contribution in [0.5, 0.6) is 5.75 Å². The second kappa shape index (κ2) is 8.55. The summed E-state index contributed by atoms with van der Waals surface area (Å²) in [5, 5.41) is 11.0. The third-order valence-electron chi connectivity index (χ3n) is 2.40. The molecule has 0 aliphatic heterocycles. The number of carbonyl (C=O) groups excluding carboxylic acids is 1. The Kier molecular flexibility index (Phi) is 7.03. The van der Waals surface area contributed by atoms with Gasteiger partial charge in [0.25, 0.3) is 0 Å². The summed E-state index contributed by atoms with van der Waals surface area (Å²) in [5.41, 5.74) is 0.813. The van der Waals surface area contributed by atoms with E-state index in [-0.39, 0.29) is 32.1 Å². The van der Waals surface area contributed by atoms with Gasteiger partial charge in [0.2, 0.25) is 5.91 Å². The van der Waals surface area contributed by atoms with E-state index in [0.717, 1.165) is 10.0 Å². The number of aliphatic carboxylic acids is 1. The van der Waals surface area contributed by atoms with E-state index in [1.807, 2.05) is 6.07 Å². The Hall–Kier alpha value is -1.60. The highest BCUT2D eigenvalue weighted by Gasteiger charge is 2.08. The molecule has 7 heteroatoms. The molecule has 2 N–H and O–H groups in total. The lowest BCUT2D eigenvalue weighted by Gasteiger charge is -2.08. The highest BCUT2D eigenvalue weighted by molar-refractivity contribution is 9.10. The van der Waals surface area contributed by atoms with Crippen LogP contribution < -0.4 is 10.1 Å². The Balaban J connectivity index is 2.37. The molecule has 0 aliphatic rings. The molecule has 1 amide bonds. The quantitative estimate of drug-likeness (QED) is 0.692. The second-order valence-electron chi connectivity index (χ2n) is 3.93. The van der Waals surface area contributed by atoms with Gasteiger partial charge in [0, 0.05) is 11.0 Å². The fourth-order valence-corrected chi connectivity index (χ4v) is 1.86. The number of halogens is 1. The van der Waals surface area contributed by atoms with Gasteiger partial charge in [-0.25, -0.2) is 4.79 Å². The number of ether oxygens (including phenoxy) is 2. The highest BCUT2D eigenvalue weighted by Crippen LogP contribution is 2.22. The van der Waals surface area contributed by atoms with Crippen LogP contribution in [0.2, 0.25) is 0 Å². The van der Waals surface area contributed by atoms with Gasteiger partial charge in [-0.2, -0.15) is 0 Å². The van der Waals surface area contributed by atoms with Gasteiger partial charge in [-0.3, -0.25) is 4.79 Å². The Labute approximate surface area is 125 Å². The smallest absolute Gasteiger partial charge is 0.329 e. The van der Waals surface area contributed by atoms with Crippen molar-refractivity contribution < 1.29 is 24.2 Å². The van der Waals surface area contributed by atoms with Gasteiger partial charge >= 0.3 is 5.97 Å². The summed E-state index contributed by atoms with van der Waals surface area (Å²) in [6.45, 7) is 0.0718. The maximum atomic E-state index is 11.7. The third-order valence-corrected chi connectivity index (χ3v) is 3.17. The van der Waals surface area contributed by atoms with Gasteiger partial charge in [-0.05, 0) is 23.8 Å². The number of rotatable bonds is 8. The number of amides is 1. The van der Waals surface area contributed by atoms with Gasteiger partial charge < -0.3 is 19.9 Å². The fourth-order valence-electron chi connectivity index (χ4n) is 1.47. The van der Waals surface area contributed by atoms with Crippen molar-refractivity contribution >= 4 is 27.8 Å².